The highest BCUT2D eigenvalue weighted by molar-refractivity contribution is 9.10. The number of benzene rings is 2. The van der Waals surface area contributed by atoms with Crippen molar-refractivity contribution in [2.24, 2.45) is 0 Å². The topological polar surface area (TPSA) is 27.7 Å². The number of alkyl halides is 1. The minimum Gasteiger partial charge on any atom is -0.497 e. The molecule has 2 rings (SSSR count). The normalized spacial score (nSPS) is 11.9. The Hall–Kier alpha value is -1.39. The van der Waals surface area contributed by atoms with Gasteiger partial charge in [0.25, 0.3) is 0 Å². The molecule has 0 saturated heterocycles. The fourth-order valence-corrected chi connectivity index (χ4v) is 3.03. The molecule has 0 bridgehead atoms. The maximum absolute atomic E-state index is 6.59. The molecule has 0 fully saturated rings. The van der Waals surface area contributed by atoms with Gasteiger partial charge in [0.2, 0.25) is 0 Å². The Kier molecular flexibility index (Phi) is 5.37. The summed E-state index contributed by atoms with van der Waals surface area (Å²) in [6, 6.07) is 11.4. The SMILES string of the molecule is COc1ccc(C(Cl)c2cc(OC)c(OC)cc2Br)cc1. The van der Waals surface area contributed by atoms with E-state index in [1.807, 2.05) is 36.4 Å². The number of hydrogen-bond donors (Lipinski definition) is 0. The molecule has 0 spiro atoms. The van der Waals surface area contributed by atoms with Gasteiger partial charge in [-0.15, -0.1) is 11.6 Å². The molecular weight excluding hydrogens is 356 g/mol. The molecule has 0 aliphatic rings. The van der Waals surface area contributed by atoms with Crippen LogP contribution in [0.3, 0.4) is 0 Å². The van der Waals surface area contributed by atoms with E-state index in [0.717, 1.165) is 21.3 Å². The molecule has 0 amide bonds. The van der Waals surface area contributed by atoms with Gasteiger partial charge in [-0.3, -0.25) is 0 Å². The van der Waals surface area contributed by atoms with E-state index in [2.05, 4.69) is 15.9 Å². The summed E-state index contributed by atoms with van der Waals surface area (Å²) in [6.45, 7) is 0. The smallest absolute Gasteiger partial charge is 0.161 e. The zero-order chi connectivity index (χ0) is 15.4. The summed E-state index contributed by atoms with van der Waals surface area (Å²) in [5.41, 5.74) is 1.89. The molecule has 0 aromatic heterocycles. The van der Waals surface area contributed by atoms with Crippen LogP contribution in [0.2, 0.25) is 0 Å². The lowest BCUT2D eigenvalue weighted by Gasteiger charge is -2.16. The van der Waals surface area contributed by atoms with Crippen molar-refractivity contribution in [3.05, 3.63) is 52.0 Å². The van der Waals surface area contributed by atoms with E-state index < -0.39 is 0 Å². The van der Waals surface area contributed by atoms with E-state index in [0.29, 0.717) is 11.5 Å². The van der Waals surface area contributed by atoms with Gasteiger partial charge in [-0.05, 0) is 35.4 Å². The molecule has 0 N–H and O–H groups in total. The van der Waals surface area contributed by atoms with Crippen molar-refractivity contribution in [3.8, 4) is 17.2 Å². The first kappa shape index (κ1) is 16.0. The molecule has 1 atom stereocenters. The minimum atomic E-state index is -0.301. The fourth-order valence-electron chi connectivity index (χ4n) is 2.02. The van der Waals surface area contributed by atoms with Crippen molar-refractivity contribution in [1.29, 1.82) is 0 Å². The Labute approximate surface area is 137 Å². The van der Waals surface area contributed by atoms with E-state index in [-0.39, 0.29) is 5.38 Å². The molecule has 3 nitrogen and oxygen atoms in total. The predicted octanol–water partition coefficient (Wildman–Crippen LogP) is 4.80. The largest absolute Gasteiger partial charge is 0.497 e. The first-order chi connectivity index (χ1) is 10.1. The molecule has 0 aliphatic heterocycles. The summed E-state index contributed by atoms with van der Waals surface area (Å²) in [5.74, 6) is 2.11. The summed E-state index contributed by atoms with van der Waals surface area (Å²) in [4.78, 5) is 0. The monoisotopic (exact) mass is 370 g/mol. The average Bonchev–Trinajstić information content (AvgIpc) is 2.54. The summed E-state index contributed by atoms with van der Waals surface area (Å²) in [6.07, 6.45) is 0. The highest BCUT2D eigenvalue weighted by atomic mass is 79.9. The summed E-state index contributed by atoms with van der Waals surface area (Å²) < 4.78 is 16.6. The van der Waals surface area contributed by atoms with Crippen LogP contribution in [0.15, 0.2) is 40.9 Å². The van der Waals surface area contributed by atoms with E-state index in [1.54, 1.807) is 21.3 Å². The zero-order valence-electron chi connectivity index (χ0n) is 12.0. The van der Waals surface area contributed by atoms with Crippen LogP contribution in [-0.4, -0.2) is 21.3 Å². The Morgan fingerprint density at radius 3 is 2.00 bits per heavy atom. The number of rotatable bonds is 5. The Bertz CT molecular complexity index is 614. The first-order valence-corrected chi connectivity index (χ1v) is 7.53. The Morgan fingerprint density at radius 2 is 1.48 bits per heavy atom. The third-order valence-electron chi connectivity index (χ3n) is 3.18. The molecular formula is C16H16BrClO3. The van der Waals surface area contributed by atoms with E-state index in [9.17, 15) is 0 Å². The second kappa shape index (κ2) is 7.05. The number of ether oxygens (including phenoxy) is 3. The van der Waals surface area contributed by atoms with Gasteiger partial charge in [-0.25, -0.2) is 0 Å². The van der Waals surface area contributed by atoms with Crippen LogP contribution in [0.4, 0.5) is 0 Å². The van der Waals surface area contributed by atoms with Crippen molar-refractivity contribution in [1.82, 2.24) is 0 Å². The van der Waals surface area contributed by atoms with Crippen LogP contribution in [0.25, 0.3) is 0 Å². The van der Waals surface area contributed by atoms with E-state index in [4.69, 9.17) is 25.8 Å². The van der Waals surface area contributed by atoms with Crippen LogP contribution < -0.4 is 14.2 Å². The molecule has 2 aromatic carbocycles. The van der Waals surface area contributed by atoms with Crippen LogP contribution in [0.1, 0.15) is 16.5 Å². The van der Waals surface area contributed by atoms with Crippen molar-refractivity contribution >= 4 is 27.5 Å². The predicted molar refractivity (Wildman–Crippen MR) is 87.9 cm³/mol. The average molecular weight is 372 g/mol. The van der Waals surface area contributed by atoms with Crippen molar-refractivity contribution in [2.45, 2.75) is 5.38 Å². The standard InChI is InChI=1S/C16H16BrClO3/c1-19-11-6-4-10(5-7-11)16(18)12-8-14(20-2)15(21-3)9-13(12)17/h4-9,16H,1-3H3. The maximum Gasteiger partial charge on any atom is 0.161 e. The Morgan fingerprint density at radius 1 is 0.905 bits per heavy atom. The first-order valence-electron chi connectivity index (χ1n) is 6.30. The van der Waals surface area contributed by atoms with Gasteiger partial charge >= 0.3 is 0 Å². The van der Waals surface area contributed by atoms with Crippen LogP contribution in [-0.2, 0) is 0 Å². The quantitative estimate of drug-likeness (QED) is 0.706. The zero-order valence-corrected chi connectivity index (χ0v) is 14.4. The second-order valence-corrected chi connectivity index (χ2v) is 5.66. The van der Waals surface area contributed by atoms with E-state index in [1.165, 1.54) is 0 Å². The molecule has 5 heteroatoms. The third kappa shape index (κ3) is 3.44. The molecule has 21 heavy (non-hydrogen) atoms. The van der Waals surface area contributed by atoms with Crippen LogP contribution in [0, 0.1) is 0 Å². The Balaban J connectivity index is 2.39. The third-order valence-corrected chi connectivity index (χ3v) is 4.36. The van der Waals surface area contributed by atoms with Crippen molar-refractivity contribution in [2.75, 3.05) is 21.3 Å². The summed E-state index contributed by atoms with van der Waals surface area (Å²) in [7, 11) is 4.84. The molecule has 0 heterocycles. The van der Waals surface area contributed by atoms with Crippen LogP contribution in [0.5, 0.6) is 17.2 Å². The lowest BCUT2D eigenvalue weighted by atomic mass is 10.0. The molecule has 0 saturated carbocycles. The van der Waals surface area contributed by atoms with E-state index >= 15 is 0 Å². The summed E-state index contributed by atoms with van der Waals surface area (Å²) >= 11 is 10.1. The van der Waals surface area contributed by atoms with Gasteiger partial charge < -0.3 is 14.2 Å². The van der Waals surface area contributed by atoms with Gasteiger partial charge in [0.15, 0.2) is 11.5 Å². The molecule has 112 valence electrons. The lowest BCUT2D eigenvalue weighted by molar-refractivity contribution is 0.354. The van der Waals surface area contributed by atoms with Crippen molar-refractivity contribution in [3.63, 3.8) is 0 Å². The molecule has 2 aromatic rings. The molecule has 0 aliphatic carbocycles. The number of hydrogen-bond acceptors (Lipinski definition) is 3. The van der Waals surface area contributed by atoms with Gasteiger partial charge in [-0.1, -0.05) is 28.1 Å². The fraction of sp³-hybridized carbons (Fsp3) is 0.250. The van der Waals surface area contributed by atoms with Gasteiger partial charge in [0.1, 0.15) is 5.75 Å². The van der Waals surface area contributed by atoms with Gasteiger partial charge in [-0.2, -0.15) is 0 Å². The molecule has 0 radical (unpaired) electrons. The highest BCUT2D eigenvalue weighted by Crippen LogP contribution is 2.40. The number of methoxy groups -OCH3 is 3. The van der Waals surface area contributed by atoms with Gasteiger partial charge in [0, 0.05) is 4.47 Å². The lowest BCUT2D eigenvalue weighted by Crippen LogP contribution is -1.98. The number of halogens is 2. The highest BCUT2D eigenvalue weighted by Gasteiger charge is 2.18. The van der Waals surface area contributed by atoms with Gasteiger partial charge in [0.05, 0.1) is 26.7 Å². The maximum atomic E-state index is 6.59. The second-order valence-electron chi connectivity index (χ2n) is 4.36. The van der Waals surface area contributed by atoms with Crippen molar-refractivity contribution < 1.29 is 14.2 Å². The summed E-state index contributed by atoms with van der Waals surface area (Å²) in [5, 5.41) is -0.301. The molecule has 1 unspecified atom stereocenters. The van der Waals surface area contributed by atoms with Crippen LogP contribution >= 0.6 is 27.5 Å². The minimum absolute atomic E-state index is 0.301.